The largest absolute Gasteiger partial charge is 0.350 e. The zero-order chi connectivity index (χ0) is 16.2. The fourth-order valence-corrected chi connectivity index (χ4v) is 3.68. The summed E-state index contributed by atoms with van der Waals surface area (Å²) >= 11 is 1.77. The van der Waals surface area contributed by atoms with Gasteiger partial charge in [0.25, 0.3) is 5.56 Å². The number of anilines is 1. The van der Waals surface area contributed by atoms with E-state index in [1.54, 1.807) is 23.7 Å². The predicted molar refractivity (Wildman–Crippen MR) is 93.1 cm³/mol. The van der Waals surface area contributed by atoms with Gasteiger partial charge in [-0.15, -0.1) is 11.3 Å². The second-order valence-corrected chi connectivity index (χ2v) is 7.37. The summed E-state index contributed by atoms with van der Waals surface area (Å²) in [5.41, 5.74) is -0.116. The van der Waals surface area contributed by atoms with E-state index in [1.165, 1.54) is 4.88 Å². The minimum atomic E-state index is -0.116. The summed E-state index contributed by atoms with van der Waals surface area (Å²) in [6.07, 6.45) is 7.36. The number of aromatic nitrogens is 3. The van der Waals surface area contributed by atoms with E-state index < -0.39 is 0 Å². The first-order chi connectivity index (χ1) is 11.1. The first-order valence-corrected chi connectivity index (χ1v) is 8.91. The van der Waals surface area contributed by atoms with Crippen molar-refractivity contribution in [2.75, 3.05) is 18.0 Å². The van der Waals surface area contributed by atoms with Gasteiger partial charge in [-0.25, -0.2) is 9.97 Å². The van der Waals surface area contributed by atoms with Crippen LogP contribution in [-0.4, -0.2) is 34.1 Å². The highest BCUT2D eigenvalue weighted by Gasteiger charge is 2.22. The average molecular weight is 333 g/mol. The summed E-state index contributed by atoms with van der Waals surface area (Å²) in [4.78, 5) is 26.7. The predicted octanol–water partition coefficient (Wildman–Crippen LogP) is 2.11. The molecule has 2 aromatic rings. The maximum atomic E-state index is 11.9. The Kier molecular flexibility index (Phi) is 5.07. The van der Waals surface area contributed by atoms with E-state index in [4.69, 9.17) is 0 Å². The maximum absolute atomic E-state index is 11.9. The molecule has 1 atom stereocenters. The minimum Gasteiger partial charge on any atom is -0.350 e. The summed E-state index contributed by atoms with van der Waals surface area (Å²) in [6.45, 7) is 6.85. The van der Waals surface area contributed by atoms with Crippen molar-refractivity contribution < 1.29 is 0 Å². The van der Waals surface area contributed by atoms with E-state index in [0.29, 0.717) is 17.8 Å². The Labute approximate surface area is 140 Å². The monoisotopic (exact) mass is 333 g/mol. The highest BCUT2D eigenvalue weighted by atomic mass is 32.1. The summed E-state index contributed by atoms with van der Waals surface area (Å²) in [5, 5.41) is 4.70. The van der Waals surface area contributed by atoms with Crippen LogP contribution in [0.25, 0.3) is 0 Å². The lowest BCUT2D eigenvalue weighted by atomic mass is 10.1. The number of thiazole rings is 1. The number of H-pyrrole nitrogens is 1. The third kappa shape index (κ3) is 3.97. The number of nitrogens with one attached hydrogen (secondary N) is 2. The number of nitrogens with zero attached hydrogens (tertiary/aromatic N) is 3. The fourth-order valence-electron chi connectivity index (χ4n) is 2.81. The van der Waals surface area contributed by atoms with Crippen LogP contribution in [0.4, 0.5) is 5.82 Å². The van der Waals surface area contributed by atoms with Gasteiger partial charge in [0.1, 0.15) is 5.01 Å². The van der Waals surface area contributed by atoms with E-state index in [0.717, 1.165) is 37.5 Å². The van der Waals surface area contributed by atoms with Gasteiger partial charge in [0.15, 0.2) is 5.82 Å². The lowest BCUT2D eigenvalue weighted by Crippen LogP contribution is -2.47. The molecule has 0 bridgehead atoms. The van der Waals surface area contributed by atoms with Crippen LogP contribution in [0.2, 0.25) is 0 Å². The summed E-state index contributed by atoms with van der Waals surface area (Å²) in [5.74, 6) is 1.05. The highest BCUT2D eigenvalue weighted by Crippen LogP contribution is 2.22. The third-order valence-electron chi connectivity index (χ3n) is 4.09. The molecule has 1 aliphatic heterocycles. The van der Waals surface area contributed by atoms with Crippen molar-refractivity contribution in [1.82, 2.24) is 20.3 Å². The van der Waals surface area contributed by atoms with Crippen LogP contribution in [0.15, 0.2) is 23.4 Å². The molecule has 0 amide bonds. The van der Waals surface area contributed by atoms with Gasteiger partial charge >= 0.3 is 0 Å². The molecule has 0 spiro atoms. The smallest absolute Gasteiger partial charge is 0.290 e. The summed E-state index contributed by atoms with van der Waals surface area (Å²) in [6, 6.07) is 0.358. The molecule has 1 aliphatic rings. The SMILES string of the molecule is CC(C)c1cnc(CN[C@H]2CCCN(c3ncc[nH]c3=O)C2)s1. The Morgan fingerprint density at radius 2 is 2.35 bits per heavy atom. The molecule has 6 nitrogen and oxygen atoms in total. The van der Waals surface area contributed by atoms with Crippen LogP contribution < -0.4 is 15.8 Å². The molecule has 0 aromatic carbocycles. The second-order valence-electron chi connectivity index (χ2n) is 6.22. The van der Waals surface area contributed by atoms with Gasteiger partial charge in [-0.05, 0) is 18.8 Å². The molecule has 0 unspecified atom stereocenters. The molecule has 7 heteroatoms. The Bertz CT molecular complexity index is 696. The molecule has 124 valence electrons. The van der Waals surface area contributed by atoms with Crippen LogP contribution in [0.1, 0.15) is 42.5 Å². The Morgan fingerprint density at radius 1 is 1.48 bits per heavy atom. The quantitative estimate of drug-likeness (QED) is 0.877. The second kappa shape index (κ2) is 7.23. The van der Waals surface area contributed by atoms with Crippen molar-refractivity contribution >= 4 is 17.2 Å². The molecule has 3 heterocycles. The number of piperidine rings is 1. The van der Waals surface area contributed by atoms with Crippen LogP contribution >= 0.6 is 11.3 Å². The van der Waals surface area contributed by atoms with Crippen molar-refractivity contribution in [3.8, 4) is 0 Å². The van der Waals surface area contributed by atoms with Crippen molar-refractivity contribution in [2.45, 2.75) is 45.2 Å². The molecular weight excluding hydrogens is 310 g/mol. The van der Waals surface area contributed by atoms with Gasteiger partial charge in [-0.2, -0.15) is 0 Å². The van der Waals surface area contributed by atoms with Crippen LogP contribution in [0.3, 0.4) is 0 Å². The number of aromatic amines is 1. The van der Waals surface area contributed by atoms with Crippen molar-refractivity contribution in [3.63, 3.8) is 0 Å². The van der Waals surface area contributed by atoms with Crippen molar-refractivity contribution in [1.29, 1.82) is 0 Å². The minimum absolute atomic E-state index is 0.116. The van der Waals surface area contributed by atoms with Gasteiger partial charge in [-0.1, -0.05) is 13.8 Å². The highest BCUT2D eigenvalue weighted by molar-refractivity contribution is 7.11. The van der Waals surface area contributed by atoms with Gasteiger partial charge in [0, 0.05) is 49.1 Å². The van der Waals surface area contributed by atoms with E-state index in [2.05, 4.69) is 39.0 Å². The number of hydrogen-bond acceptors (Lipinski definition) is 6. The normalized spacial score (nSPS) is 18.6. The molecule has 1 fully saturated rings. The van der Waals surface area contributed by atoms with Gasteiger partial charge in [0.05, 0.1) is 0 Å². The zero-order valence-corrected chi connectivity index (χ0v) is 14.4. The summed E-state index contributed by atoms with van der Waals surface area (Å²) < 4.78 is 0. The van der Waals surface area contributed by atoms with Crippen molar-refractivity contribution in [2.24, 2.45) is 0 Å². The standard InChI is InChI=1S/C16H23N5OS/c1-11(2)13-8-20-14(23-13)9-19-12-4-3-7-21(10-12)15-16(22)18-6-5-17-15/h5-6,8,11-12,19H,3-4,7,9-10H2,1-2H3,(H,18,22)/t12-/m0/s1. The maximum Gasteiger partial charge on any atom is 0.290 e. The molecule has 2 aromatic heterocycles. The molecule has 0 saturated carbocycles. The Hall–Kier alpha value is -1.73. The van der Waals surface area contributed by atoms with Crippen LogP contribution in [-0.2, 0) is 6.54 Å². The molecular formula is C16H23N5OS. The molecule has 23 heavy (non-hydrogen) atoms. The summed E-state index contributed by atoms with van der Waals surface area (Å²) in [7, 11) is 0. The fraction of sp³-hybridized carbons (Fsp3) is 0.562. The van der Waals surface area contributed by atoms with Gasteiger partial charge in [-0.3, -0.25) is 4.79 Å². The Morgan fingerprint density at radius 3 is 3.09 bits per heavy atom. The van der Waals surface area contributed by atoms with E-state index >= 15 is 0 Å². The number of hydrogen-bond donors (Lipinski definition) is 2. The lowest BCUT2D eigenvalue weighted by Gasteiger charge is -2.33. The van der Waals surface area contributed by atoms with E-state index in [-0.39, 0.29) is 5.56 Å². The van der Waals surface area contributed by atoms with E-state index in [1.807, 2.05) is 6.20 Å². The number of rotatable bonds is 5. The Balaban J connectivity index is 1.58. The first kappa shape index (κ1) is 16.1. The average Bonchev–Trinajstić information content (AvgIpc) is 3.03. The van der Waals surface area contributed by atoms with Crippen molar-refractivity contribution in [3.05, 3.63) is 38.8 Å². The van der Waals surface area contributed by atoms with Gasteiger partial charge in [0.2, 0.25) is 0 Å². The molecule has 3 rings (SSSR count). The molecule has 0 radical (unpaired) electrons. The lowest BCUT2D eigenvalue weighted by molar-refractivity contribution is 0.419. The first-order valence-electron chi connectivity index (χ1n) is 8.10. The van der Waals surface area contributed by atoms with Crippen LogP contribution in [0, 0.1) is 0 Å². The molecule has 0 aliphatic carbocycles. The van der Waals surface area contributed by atoms with Crippen LogP contribution in [0.5, 0.6) is 0 Å². The third-order valence-corrected chi connectivity index (χ3v) is 5.39. The van der Waals surface area contributed by atoms with Gasteiger partial charge < -0.3 is 15.2 Å². The topological polar surface area (TPSA) is 73.9 Å². The van der Waals surface area contributed by atoms with E-state index in [9.17, 15) is 4.79 Å². The molecule has 2 N–H and O–H groups in total. The molecule has 1 saturated heterocycles. The zero-order valence-electron chi connectivity index (χ0n) is 13.6.